The van der Waals surface area contributed by atoms with Crippen LogP contribution in [0.15, 0.2) is 53.1 Å². The molecular weight excluding hydrogens is 396 g/mol. The normalized spacial score (nSPS) is 24.4. The van der Waals surface area contributed by atoms with Gasteiger partial charge in [-0.1, -0.05) is 66.4 Å². The second-order valence-electron chi connectivity index (χ2n) is 7.94. The first kappa shape index (κ1) is 19.1. The van der Waals surface area contributed by atoms with Crippen LogP contribution in [0.3, 0.4) is 0 Å². The molecule has 0 aliphatic carbocycles. The molecule has 2 aliphatic rings. The Hall–Kier alpha value is -2.89. The number of fused-ring (bicyclic) bond motifs is 1. The van der Waals surface area contributed by atoms with Crippen molar-refractivity contribution in [3.8, 4) is 6.07 Å². The van der Waals surface area contributed by atoms with Gasteiger partial charge in [-0.3, -0.25) is 0 Å². The lowest BCUT2D eigenvalue weighted by Crippen LogP contribution is -2.35. The molecule has 0 amide bonds. The first-order valence-electron chi connectivity index (χ1n) is 10.0. The summed E-state index contributed by atoms with van der Waals surface area (Å²) in [5.41, 5.74) is 1.55. The highest BCUT2D eigenvalue weighted by atomic mass is 32.2. The predicted octanol–water partition coefficient (Wildman–Crippen LogP) is 3.46. The SMILES string of the molecule is CC1(Cc2ccc3ccccc3c2)C(C#N)=C(N2CCOCC2)SC1c1nn[nH]n1. The summed E-state index contributed by atoms with van der Waals surface area (Å²) in [6.07, 6.45) is 0.723. The number of tetrazole rings is 1. The van der Waals surface area contributed by atoms with Crippen molar-refractivity contribution >= 4 is 22.5 Å². The molecule has 2 aromatic carbocycles. The summed E-state index contributed by atoms with van der Waals surface area (Å²) in [5, 5.41) is 28.5. The van der Waals surface area contributed by atoms with E-state index in [1.54, 1.807) is 11.8 Å². The largest absolute Gasteiger partial charge is 0.378 e. The van der Waals surface area contributed by atoms with Gasteiger partial charge < -0.3 is 9.64 Å². The number of rotatable bonds is 4. The van der Waals surface area contributed by atoms with Crippen molar-refractivity contribution in [2.24, 2.45) is 5.41 Å². The number of ether oxygens (including phenoxy) is 1. The van der Waals surface area contributed by atoms with Crippen LogP contribution < -0.4 is 0 Å². The lowest BCUT2D eigenvalue weighted by molar-refractivity contribution is 0.0572. The molecule has 8 heteroatoms. The van der Waals surface area contributed by atoms with Crippen LogP contribution in [-0.2, 0) is 11.2 Å². The topological polar surface area (TPSA) is 90.7 Å². The van der Waals surface area contributed by atoms with Gasteiger partial charge in [0.25, 0.3) is 0 Å². The highest BCUT2D eigenvalue weighted by molar-refractivity contribution is 8.03. The van der Waals surface area contributed by atoms with E-state index in [4.69, 9.17) is 4.74 Å². The maximum atomic E-state index is 10.2. The van der Waals surface area contributed by atoms with Gasteiger partial charge in [-0.2, -0.15) is 10.5 Å². The molecule has 7 nitrogen and oxygen atoms in total. The average molecular weight is 419 g/mol. The number of thioether (sulfide) groups is 1. The van der Waals surface area contributed by atoms with Gasteiger partial charge in [0.2, 0.25) is 0 Å². The summed E-state index contributed by atoms with van der Waals surface area (Å²) in [4.78, 5) is 2.27. The number of allylic oxidation sites excluding steroid dienone is 1. The maximum absolute atomic E-state index is 10.2. The molecule has 2 unspecified atom stereocenters. The molecule has 5 rings (SSSR count). The number of nitriles is 1. The van der Waals surface area contributed by atoms with E-state index in [2.05, 4.69) is 74.9 Å². The molecule has 1 aromatic heterocycles. The van der Waals surface area contributed by atoms with Crippen LogP contribution in [0.25, 0.3) is 10.8 Å². The number of H-pyrrole nitrogens is 1. The van der Waals surface area contributed by atoms with Gasteiger partial charge in [-0.15, -0.1) is 10.2 Å². The monoisotopic (exact) mass is 418 g/mol. The number of benzene rings is 2. The lowest BCUT2D eigenvalue weighted by Gasteiger charge is -2.30. The molecule has 152 valence electrons. The minimum absolute atomic E-state index is 0.0878. The third-order valence-corrected chi connectivity index (χ3v) is 7.64. The number of hydrogen-bond donors (Lipinski definition) is 1. The Morgan fingerprint density at radius 3 is 2.77 bits per heavy atom. The minimum atomic E-state index is -0.445. The number of nitrogens with zero attached hydrogens (tertiary/aromatic N) is 5. The average Bonchev–Trinajstić information content (AvgIpc) is 3.40. The fourth-order valence-corrected chi connectivity index (χ4v) is 6.04. The summed E-state index contributed by atoms with van der Waals surface area (Å²) >= 11 is 1.68. The van der Waals surface area contributed by atoms with Crippen LogP contribution in [0.1, 0.15) is 23.6 Å². The molecule has 3 aromatic rings. The van der Waals surface area contributed by atoms with Crippen LogP contribution in [-0.4, -0.2) is 51.8 Å². The fourth-order valence-electron chi connectivity index (χ4n) is 4.42. The van der Waals surface area contributed by atoms with Crippen molar-refractivity contribution in [3.05, 3.63) is 64.5 Å². The third kappa shape index (κ3) is 3.24. The van der Waals surface area contributed by atoms with E-state index in [-0.39, 0.29) is 5.25 Å². The Balaban J connectivity index is 1.57. The number of hydrogen-bond acceptors (Lipinski definition) is 7. The smallest absolute Gasteiger partial charge is 0.188 e. The summed E-state index contributed by atoms with van der Waals surface area (Å²) in [6.45, 7) is 5.09. The molecular formula is C22H22N6OS. The summed E-state index contributed by atoms with van der Waals surface area (Å²) in [6, 6.07) is 17.4. The quantitative estimate of drug-likeness (QED) is 0.694. The number of morpholine rings is 1. The van der Waals surface area contributed by atoms with E-state index < -0.39 is 5.41 Å². The van der Waals surface area contributed by atoms with E-state index in [0.717, 1.165) is 30.1 Å². The van der Waals surface area contributed by atoms with Gasteiger partial charge >= 0.3 is 0 Å². The number of aromatic amines is 1. The van der Waals surface area contributed by atoms with Crippen LogP contribution in [0.2, 0.25) is 0 Å². The van der Waals surface area contributed by atoms with Crippen molar-refractivity contribution < 1.29 is 4.74 Å². The van der Waals surface area contributed by atoms with Crippen LogP contribution >= 0.6 is 11.8 Å². The van der Waals surface area contributed by atoms with E-state index in [0.29, 0.717) is 19.0 Å². The molecule has 2 aliphatic heterocycles. The summed E-state index contributed by atoms with van der Waals surface area (Å²) in [7, 11) is 0. The first-order chi connectivity index (χ1) is 14.7. The van der Waals surface area contributed by atoms with Crippen LogP contribution in [0.5, 0.6) is 0 Å². The third-order valence-electron chi connectivity index (χ3n) is 5.98. The molecule has 0 radical (unpaired) electrons. The molecule has 0 saturated carbocycles. The number of aromatic nitrogens is 4. The second kappa shape index (κ2) is 7.74. The van der Waals surface area contributed by atoms with Crippen molar-refractivity contribution in [2.45, 2.75) is 18.6 Å². The molecule has 0 bridgehead atoms. The van der Waals surface area contributed by atoms with Gasteiger partial charge in [0.05, 0.1) is 35.1 Å². The van der Waals surface area contributed by atoms with Gasteiger partial charge in [0.15, 0.2) is 5.82 Å². The first-order valence-corrected chi connectivity index (χ1v) is 10.9. The standard InChI is InChI=1S/C22H22N6OS/c1-22(13-15-6-7-16-4-2-3-5-17(16)12-15)18(14-23)21(28-8-10-29-11-9-28)30-19(22)20-24-26-27-25-20/h2-7,12,19H,8-11,13H2,1H3,(H,24,25,26,27). The molecule has 1 N–H and O–H groups in total. The molecule has 1 saturated heterocycles. The molecule has 0 spiro atoms. The Morgan fingerprint density at radius 2 is 2.03 bits per heavy atom. The Labute approximate surface area is 179 Å². The van der Waals surface area contributed by atoms with Crippen molar-refractivity contribution in [1.29, 1.82) is 5.26 Å². The van der Waals surface area contributed by atoms with E-state index >= 15 is 0 Å². The van der Waals surface area contributed by atoms with Crippen molar-refractivity contribution in [3.63, 3.8) is 0 Å². The van der Waals surface area contributed by atoms with E-state index in [9.17, 15) is 5.26 Å². The second-order valence-corrected chi connectivity index (χ2v) is 9.03. The summed E-state index contributed by atoms with van der Waals surface area (Å²) < 4.78 is 5.52. The van der Waals surface area contributed by atoms with E-state index in [1.807, 2.05) is 6.07 Å². The fraction of sp³-hybridized carbons (Fsp3) is 0.364. The molecule has 1 fully saturated rings. The Bertz CT molecular complexity index is 1130. The van der Waals surface area contributed by atoms with Gasteiger partial charge in [-0.25, -0.2) is 0 Å². The summed E-state index contributed by atoms with van der Waals surface area (Å²) in [5.74, 6) is 0.638. The molecule has 30 heavy (non-hydrogen) atoms. The highest BCUT2D eigenvalue weighted by Crippen LogP contribution is 2.60. The van der Waals surface area contributed by atoms with Gasteiger partial charge in [0.1, 0.15) is 0 Å². The number of nitrogens with one attached hydrogen (secondary N) is 1. The zero-order valence-corrected chi connectivity index (χ0v) is 17.5. The Morgan fingerprint density at radius 1 is 1.23 bits per heavy atom. The lowest BCUT2D eigenvalue weighted by atomic mass is 9.74. The highest BCUT2D eigenvalue weighted by Gasteiger charge is 2.50. The predicted molar refractivity (Wildman–Crippen MR) is 115 cm³/mol. The van der Waals surface area contributed by atoms with Crippen molar-refractivity contribution in [1.82, 2.24) is 25.5 Å². The van der Waals surface area contributed by atoms with Crippen molar-refractivity contribution in [2.75, 3.05) is 26.3 Å². The maximum Gasteiger partial charge on any atom is 0.188 e. The molecule has 3 heterocycles. The van der Waals surface area contributed by atoms with Crippen LogP contribution in [0, 0.1) is 16.7 Å². The van der Waals surface area contributed by atoms with Gasteiger partial charge in [-0.05, 0) is 22.8 Å². The zero-order chi connectivity index (χ0) is 20.6. The van der Waals surface area contributed by atoms with E-state index in [1.165, 1.54) is 16.3 Å². The molecule has 2 atom stereocenters. The minimum Gasteiger partial charge on any atom is -0.378 e. The van der Waals surface area contributed by atoms with Gasteiger partial charge in [0, 0.05) is 18.5 Å². The Kier molecular flexibility index (Phi) is 4.93. The zero-order valence-electron chi connectivity index (χ0n) is 16.7. The van der Waals surface area contributed by atoms with Crippen LogP contribution in [0.4, 0.5) is 0 Å².